The molecule has 5 rings (SSSR count). The smallest absolute Gasteiger partial charge is 0.227 e. The van der Waals surface area contributed by atoms with Crippen LogP contribution in [-0.4, -0.2) is 23.0 Å². The summed E-state index contributed by atoms with van der Waals surface area (Å²) in [6, 6.07) is 14.3. The summed E-state index contributed by atoms with van der Waals surface area (Å²) in [6.07, 6.45) is 6.46. The van der Waals surface area contributed by atoms with Gasteiger partial charge < -0.3 is 15.0 Å². The summed E-state index contributed by atoms with van der Waals surface area (Å²) in [4.78, 5) is 20.8. The lowest BCUT2D eigenvalue weighted by atomic mass is 9.77. The van der Waals surface area contributed by atoms with E-state index in [1.165, 1.54) is 5.56 Å². The third-order valence-electron chi connectivity index (χ3n) is 6.37. The van der Waals surface area contributed by atoms with Gasteiger partial charge in [0.2, 0.25) is 5.91 Å². The molecule has 0 bridgehead atoms. The molecule has 0 aliphatic heterocycles. The molecule has 2 fully saturated rings. The number of ether oxygens (including phenoxy) is 1. The van der Waals surface area contributed by atoms with Gasteiger partial charge in [0.1, 0.15) is 11.6 Å². The monoisotopic (exact) mass is 389 g/mol. The highest BCUT2D eigenvalue weighted by molar-refractivity contribution is 5.94. The predicted octanol–water partition coefficient (Wildman–Crippen LogP) is 5.36. The minimum absolute atomic E-state index is 0.154. The van der Waals surface area contributed by atoms with Crippen LogP contribution in [0.5, 0.6) is 5.75 Å². The van der Waals surface area contributed by atoms with Crippen molar-refractivity contribution in [2.75, 3.05) is 12.4 Å². The van der Waals surface area contributed by atoms with Crippen LogP contribution in [0.4, 0.5) is 5.69 Å². The van der Waals surface area contributed by atoms with Crippen LogP contribution < -0.4 is 10.1 Å². The molecule has 2 unspecified atom stereocenters. The molecule has 0 saturated heterocycles. The molecule has 1 aromatic heterocycles. The summed E-state index contributed by atoms with van der Waals surface area (Å²) in [6.45, 7) is 0. The number of carbonyl (C=O) groups excluding carboxylic acids is 1. The molecule has 29 heavy (non-hydrogen) atoms. The van der Waals surface area contributed by atoms with Crippen LogP contribution >= 0.6 is 0 Å². The van der Waals surface area contributed by atoms with E-state index in [1.54, 1.807) is 7.11 Å². The van der Waals surface area contributed by atoms with Crippen molar-refractivity contribution in [2.45, 2.75) is 50.4 Å². The van der Waals surface area contributed by atoms with E-state index in [-0.39, 0.29) is 11.8 Å². The van der Waals surface area contributed by atoms with Gasteiger partial charge in [-0.2, -0.15) is 0 Å². The van der Waals surface area contributed by atoms with Crippen molar-refractivity contribution in [3.05, 3.63) is 53.9 Å². The Labute approximate surface area is 170 Å². The Hall–Kier alpha value is -2.82. The quantitative estimate of drug-likeness (QED) is 0.617. The zero-order valence-electron chi connectivity index (χ0n) is 16.8. The number of hydrogen-bond donors (Lipinski definition) is 2. The topological polar surface area (TPSA) is 67.0 Å². The summed E-state index contributed by atoms with van der Waals surface area (Å²) >= 11 is 0. The van der Waals surface area contributed by atoms with Crippen molar-refractivity contribution >= 4 is 22.6 Å². The minimum Gasteiger partial charge on any atom is -0.497 e. The normalized spacial score (nSPS) is 21.8. The third kappa shape index (κ3) is 3.74. The Bertz CT molecular complexity index is 1000. The fraction of sp³-hybridized carbons (Fsp3) is 0.417. The molecular formula is C24H27N3O2. The van der Waals surface area contributed by atoms with Gasteiger partial charge in [0, 0.05) is 17.5 Å². The third-order valence-corrected chi connectivity index (χ3v) is 6.37. The predicted molar refractivity (Wildman–Crippen MR) is 114 cm³/mol. The lowest BCUT2D eigenvalue weighted by Gasteiger charge is -2.30. The van der Waals surface area contributed by atoms with Crippen LogP contribution in [0.2, 0.25) is 0 Å². The van der Waals surface area contributed by atoms with Crippen molar-refractivity contribution in [2.24, 2.45) is 5.92 Å². The second kappa shape index (κ2) is 7.54. The number of benzene rings is 2. The maximum absolute atomic E-state index is 12.4. The second-order valence-electron chi connectivity index (χ2n) is 8.42. The van der Waals surface area contributed by atoms with E-state index in [0.717, 1.165) is 66.8 Å². The molecule has 1 amide bonds. The lowest BCUT2D eigenvalue weighted by Crippen LogP contribution is -2.18. The highest BCUT2D eigenvalue weighted by atomic mass is 16.5. The molecule has 0 radical (unpaired) electrons. The molecule has 2 aliphatic rings. The van der Waals surface area contributed by atoms with Gasteiger partial charge in [-0.15, -0.1) is 0 Å². The number of imidazole rings is 1. The first kappa shape index (κ1) is 18.2. The Morgan fingerprint density at radius 2 is 1.93 bits per heavy atom. The molecule has 3 aromatic rings. The molecule has 1 heterocycles. The van der Waals surface area contributed by atoms with Gasteiger partial charge in [-0.3, -0.25) is 4.79 Å². The van der Waals surface area contributed by atoms with Gasteiger partial charge in [-0.1, -0.05) is 18.6 Å². The van der Waals surface area contributed by atoms with Crippen LogP contribution in [0.25, 0.3) is 11.0 Å². The van der Waals surface area contributed by atoms with Crippen LogP contribution in [0.3, 0.4) is 0 Å². The molecule has 2 saturated carbocycles. The number of aromatic nitrogens is 2. The summed E-state index contributed by atoms with van der Waals surface area (Å²) in [7, 11) is 1.69. The Balaban J connectivity index is 1.42. The summed E-state index contributed by atoms with van der Waals surface area (Å²) in [5, 5.41) is 3.18. The number of anilines is 1. The highest BCUT2D eigenvalue weighted by Gasteiger charge is 2.32. The van der Waals surface area contributed by atoms with E-state index in [2.05, 4.69) is 28.5 Å². The van der Waals surface area contributed by atoms with Gasteiger partial charge in [-0.25, -0.2) is 4.98 Å². The van der Waals surface area contributed by atoms with E-state index in [1.807, 2.05) is 24.3 Å². The lowest BCUT2D eigenvalue weighted by molar-refractivity contribution is -0.117. The van der Waals surface area contributed by atoms with Crippen molar-refractivity contribution in [1.29, 1.82) is 0 Å². The van der Waals surface area contributed by atoms with Gasteiger partial charge in [0.15, 0.2) is 0 Å². The highest BCUT2D eigenvalue weighted by Crippen LogP contribution is 2.44. The largest absolute Gasteiger partial charge is 0.497 e. The number of rotatable bonds is 5. The van der Waals surface area contributed by atoms with E-state index in [9.17, 15) is 4.79 Å². The summed E-state index contributed by atoms with van der Waals surface area (Å²) in [5.74, 6) is 3.06. The zero-order chi connectivity index (χ0) is 19.8. The molecule has 2 N–H and O–H groups in total. The SMILES string of the molecule is COc1ccc(NC(=O)C2CC2)c(C2CCCC(c3nc4ccccc4[nH]3)C2)c1. The number of H-pyrrole nitrogens is 1. The minimum atomic E-state index is 0.154. The standard InChI is InChI=1S/C24H27N3O2/c1-29-18-11-12-20(27-24(28)15-9-10-15)19(14-18)16-5-4-6-17(13-16)23-25-21-7-2-3-8-22(21)26-23/h2-3,7-8,11-12,14-17H,4-6,9-10,13H2,1H3,(H,25,26)(H,27,28). The zero-order valence-corrected chi connectivity index (χ0v) is 16.8. The number of aromatic amines is 1. The van der Waals surface area contributed by atoms with Crippen molar-refractivity contribution < 1.29 is 9.53 Å². The molecule has 0 spiro atoms. The fourth-order valence-electron chi connectivity index (χ4n) is 4.59. The average molecular weight is 389 g/mol. The number of nitrogens with one attached hydrogen (secondary N) is 2. The van der Waals surface area contributed by atoms with Crippen molar-refractivity contribution in [1.82, 2.24) is 9.97 Å². The maximum atomic E-state index is 12.4. The first-order chi connectivity index (χ1) is 14.2. The van der Waals surface area contributed by atoms with E-state index in [4.69, 9.17) is 9.72 Å². The number of methoxy groups -OCH3 is 1. The number of nitrogens with zero attached hydrogens (tertiary/aromatic N) is 1. The Morgan fingerprint density at radius 1 is 1.10 bits per heavy atom. The molecule has 5 heteroatoms. The molecule has 2 atom stereocenters. The van der Waals surface area contributed by atoms with Crippen LogP contribution in [0.15, 0.2) is 42.5 Å². The molecule has 2 aliphatic carbocycles. The van der Waals surface area contributed by atoms with Crippen molar-refractivity contribution in [3.63, 3.8) is 0 Å². The molecular weight excluding hydrogens is 362 g/mol. The van der Waals surface area contributed by atoms with Crippen molar-refractivity contribution in [3.8, 4) is 5.75 Å². The number of para-hydroxylation sites is 2. The van der Waals surface area contributed by atoms with Gasteiger partial charge in [-0.05, 0) is 73.9 Å². The van der Waals surface area contributed by atoms with E-state index in [0.29, 0.717) is 11.8 Å². The van der Waals surface area contributed by atoms with Crippen LogP contribution in [0.1, 0.15) is 61.7 Å². The Kier molecular flexibility index (Phi) is 4.74. The van der Waals surface area contributed by atoms with Gasteiger partial charge in [0.05, 0.1) is 18.1 Å². The molecule has 5 nitrogen and oxygen atoms in total. The summed E-state index contributed by atoms with van der Waals surface area (Å²) < 4.78 is 5.49. The number of amides is 1. The maximum Gasteiger partial charge on any atom is 0.227 e. The average Bonchev–Trinajstić information content (AvgIpc) is 3.52. The van der Waals surface area contributed by atoms with E-state index < -0.39 is 0 Å². The van der Waals surface area contributed by atoms with Crippen LogP contribution in [-0.2, 0) is 4.79 Å². The number of hydrogen-bond acceptors (Lipinski definition) is 3. The molecule has 2 aromatic carbocycles. The van der Waals surface area contributed by atoms with E-state index >= 15 is 0 Å². The van der Waals surface area contributed by atoms with Crippen LogP contribution in [0, 0.1) is 5.92 Å². The first-order valence-corrected chi connectivity index (χ1v) is 10.6. The fourth-order valence-corrected chi connectivity index (χ4v) is 4.59. The summed E-state index contributed by atoms with van der Waals surface area (Å²) in [5.41, 5.74) is 4.27. The first-order valence-electron chi connectivity index (χ1n) is 10.6. The number of fused-ring (bicyclic) bond motifs is 1. The van der Waals surface area contributed by atoms with Gasteiger partial charge >= 0.3 is 0 Å². The molecule has 150 valence electrons. The number of carbonyl (C=O) groups is 1. The van der Waals surface area contributed by atoms with Gasteiger partial charge in [0.25, 0.3) is 0 Å². The second-order valence-corrected chi connectivity index (χ2v) is 8.42. The Morgan fingerprint density at radius 3 is 2.72 bits per heavy atom.